The van der Waals surface area contributed by atoms with Gasteiger partial charge < -0.3 is 5.73 Å². The van der Waals surface area contributed by atoms with Crippen LogP contribution in [0.2, 0.25) is 0 Å². The second-order valence-electron chi connectivity index (χ2n) is 6.60. The van der Waals surface area contributed by atoms with Crippen molar-refractivity contribution in [3.63, 3.8) is 0 Å². The Morgan fingerprint density at radius 1 is 1.18 bits per heavy atom. The normalized spacial score (nSPS) is 29.6. The van der Waals surface area contributed by atoms with Crippen LogP contribution in [0.1, 0.15) is 59.8 Å². The third-order valence-corrected chi connectivity index (χ3v) is 4.48. The van der Waals surface area contributed by atoms with Crippen molar-refractivity contribution in [2.24, 2.45) is 28.9 Å². The molecule has 0 aromatic rings. The molecule has 1 heteroatoms. The molecule has 3 unspecified atom stereocenters. The molecule has 0 radical (unpaired) electrons. The minimum absolute atomic E-state index is 0.453. The van der Waals surface area contributed by atoms with E-state index in [0.717, 1.165) is 30.7 Å². The molecule has 0 aromatic carbocycles. The molecule has 0 bridgehead atoms. The lowest BCUT2D eigenvalue weighted by Crippen LogP contribution is -2.35. The molecule has 17 heavy (non-hydrogen) atoms. The summed E-state index contributed by atoms with van der Waals surface area (Å²) in [5, 5.41) is 0. The monoisotopic (exact) mass is 235 g/mol. The summed E-state index contributed by atoms with van der Waals surface area (Å²) >= 11 is 0. The van der Waals surface area contributed by atoms with Crippen molar-refractivity contribution < 1.29 is 0 Å². The first kappa shape index (κ1) is 14.6. The predicted molar refractivity (Wildman–Crippen MR) is 75.5 cm³/mol. The highest BCUT2D eigenvalue weighted by atomic mass is 14.6. The third kappa shape index (κ3) is 4.36. The summed E-state index contributed by atoms with van der Waals surface area (Å²) in [6, 6.07) is 0. The maximum Gasteiger partial charge on any atom is 0.00913 e. The highest BCUT2D eigenvalue weighted by Crippen LogP contribution is 2.43. The number of hydrogen-bond donors (Lipinski definition) is 1. The molecule has 1 aliphatic carbocycles. The van der Waals surface area contributed by atoms with Crippen LogP contribution in [0, 0.1) is 35.0 Å². The van der Waals surface area contributed by atoms with Crippen molar-refractivity contribution in [1.82, 2.24) is 0 Å². The van der Waals surface area contributed by atoms with Gasteiger partial charge in [-0.25, -0.2) is 0 Å². The van der Waals surface area contributed by atoms with Crippen LogP contribution in [0.25, 0.3) is 0 Å². The standard InChI is InChI=1S/C16H29N/c1-5-6-7-8-13-11-15(16(2,3)4)10-9-14(13)12-17/h13-15H,7-12,17H2,1-4H3. The van der Waals surface area contributed by atoms with E-state index in [1.54, 1.807) is 0 Å². The topological polar surface area (TPSA) is 26.0 Å². The molecule has 1 rings (SSSR count). The molecule has 1 nitrogen and oxygen atoms in total. The zero-order valence-corrected chi connectivity index (χ0v) is 12.1. The van der Waals surface area contributed by atoms with Gasteiger partial charge in [0, 0.05) is 6.42 Å². The number of rotatable bonds is 3. The van der Waals surface area contributed by atoms with Crippen molar-refractivity contribution in [2.45, 2.75) is 59.8 Å². The summed E-state index contributed by atoms with van der Waals surface area (Å²) in [5.74, 6) is 8.62. The molecule has 98 valence electrons. The van der Waals surface area contributed by atoms with Crippen molar-refractivity contribution in [1.29, 1.82) is 0 Å². The first-order valence-corrected chi connectivity index (χ1v) is 7.08. The first-order valence-electron chi connectivity index (χ1n) is 7.08. The fourth-order valence-electron chi connectivity index (χ4n) is 3.16. The van der Waals surface area contributed by atoms with Gasteiger partial charge in [-0.2, -0.15) is 0 Å². The fourth-order valence-corrected chi connectivity index (χ4v) is 3.16. The molecule has 0 spiro atoms. The second-order valence-corrected chi connectivity index (χ2v) is 6.60. The minimum atomic E-state index is 0.453. The molecule has 3 atom stereocenters. The molecule has 0 heterocycles. The largest absolute Gasteiger partial charge is 0.330 e. The van der Waals surface area contributed by atoms with Gasteiger partial charge in [-0.15, -0.1) is 11.8 Å². The van der Waals surface area contributed by atoms with Crippen LogP contribution in [0.3, 0.4) is 0 Å². The number of hydrogen-bond acceptors (Lipinski definition) is 1. The molecule has 0 aromatic heterocycles. The van der Waals surface area contributed by atoms with E-state index in [0.29, 0.717) is 5.41 Å². The quantitative estimate of drug-likeness (QED) is 0.739. The molecular weight excluding hydrogens is 206 g/mol. The van der Waals surface area contributed by atoms with Gasteiger partial charge in [0.15, 0.2) is 0 Å². The fraction of sp³-hybridized carbons (Fsp3) is 0.875. The third-order valence-electron chi connectivity index (χ3n) is 4.48. The smallest absolute Gasteiger partial charge is 0.00913 e. The maximum absolute atomic E-state index is 5.92. The lowest BCUT2D eigenvalue weighted by Gasteiger charge is -2.41. The van der Waals surface area contributed by atoms with E-state index in [1.165, 1.54) is 25.7 Å². The molecule has 0 amide bonds. The Hall–Kier alpha value is -0.480. The Morgan fingerprint density at radius 3 is 2.41 bits per heavy atom. The van der Waals surface area contributed by atoms with Crippen molar-refractivity contribution in [2.75, 3.05) is 6.54 Å². The molecule has 2 N–H and O–H groups in total. The molecule has 0 aliphatic heterocycles. The molecule has 1 saturated carbocycles. The van der Waals surface area contributed by atoms with E-state index >= 15 is 0 Å². The van der Waals surface area contributed by atoms with Gasteiger partial charge in [0.1, 0.15) is 0 Å². The van der Waals surface area contributed by atoms with Gasteiger partial charge in [0.2, 0.25) is 0 Å². The van der Waals surface area contributed by atoms with E-state index in [1.807, 2.05) is 6.92 Å². The summed E-state index contributed by atoms with van der Waals surface area (Å²) in [4.78, 5) is 0. The summed E-state index contributed by atoms with van der Waals surface area (Å²) in [6.07, 6.45) is 6.34. The lowest BCUT2D eigenvalue weighted by atomic mass is 9.64. The highest BCUT2D eigenvalue weighted by Gasteiger charge is 2.34. The second kappa shape index (κ2) is 6.45. The zero-order valence-electron chi connectivity index (χ0n) is 12.1. The average molecular weight is 235 g/mol. The molecule has 0 saturated heterocycles. The molecule has 1 fully saturated rings. The van der Waals surface area contributed by atoms with Crippen LogP contribution >= 0.6 is 0 Å². The van der Waals surface area contributed by atoms with Gasteiger partial charge >= 0.3 is 0 Å². The van der Waals surface area contributed by atoms with E-state index in [4.69, 9.17) is 5.73 Å². The predicted octanol–water partition coefficient (Wildman–Crippen LogP) is 3.83. The summed E-state index contributed by atoms with van der Waals surface area (Å²) < 4.78 is 0. The van der Waals surface area contributed by atoms with Crippen LogP contribution in [0.5, 0.6) is 0 Å². The lowest BCUT2D eigenvalue weighted by molar-refractivity contribution is 0.0973. The molecule has 1 aliphatic rings. The Bertz CT molecular complexity index is 276. The van der Waals surface area contributed by atoms with Crippen molar-refractivity contribution >= 4 is 0 Å². The maximum atomic E-state index is 5.92. The van der Waals surface area contributed by atoms with E-state index < -0.39 is 0 Å². The van der Waals surface area contributed by atoms with Gasteiger partial charge in [-0.05, 0) is 62.3 Å². The Kier molecular flexibility index (Phi) is 5.53. The van der Waals surface area contributed by atoms with Gasteiger partial charge in [0.25, 0.3) is 0 Å². The SMILES string of the molecule is CC#CCCC1CC(C(C)(C)C)CCC1CN. The Morgan fingerprint density at radius 2 is 1.88 bits per heavy atom. The first-order chi connectivity index (χ1) is 7.99. The van der Waals surface area contributed by atoms with E-state index in [-0.39, 0.29) is 0 Å². The summed E-state index contributed by atoms with van der Waals surface area (Å²) in [5.41, 5.74) is 6.37. The Labute approximate surface area is 108 Å². The van der Waals surface area contributed by atoms with Crippen LogP contribution < -0.4 is 5.73 Å². The van der Waals surface area contributed by atoms with Crippen LogP contribution in [-0.4, -0.2) is 6.54 Å². The van der Waals surface area contributed by atoms with E-state index in [9.17, 15) is 0 Å². The van der Waals surface area contributed by atoms with Crippen LogP contribution in [-0.2, 0) is 0 Å². The van der Waals surface area contributed by atoms with Crippen LogP contribution in [0.4, 0.5) is 0 Å². The van der Waals surface area contributed by atoms with Gasteiger partial charge in [-0.3, -0.25) is 0 Å². The van der Waals surface area contributed by atoms with Gasteiger partial charge in [-0.1, -0.05) is 20.8 Å². The number of nitrogens with two attached hydrogens (primary N) is 1. The van der Waals surface area contributed by atoms with Crippen molar-refractivity contribution in [3.8, 4) is 11.8 Å². The minimum Gasteiger partial charge on any atom is -0.330 e. The Balaban J connectivity index is 2.57. The van der Waals surface area contributed by atoms with E-state index in [2.05, 4.69) is 32.6 Å². The van der Waals surface area contributed by atoms with Gasteiger partial charge in [0.05, 0.1) is 0 Å². The zero-order chi connectivity index (χ0) is 12.9. The summed E-state index contributed by atoms with van der Waals surface area (Å²) in [6.45, 7) is 9.93. The average Bonchev–Trinajstić information content (AvgIpc) is 2.28. The van der Waals surface area contributed by atoms with Crippen LogP contribution in [0.15, 0.2) is 0 Å². The van der Waals surface area contributed by atoms with Crippen molar-refractivity contribution in [3.05, 3.63) is 0 Å². The highest BCUT2D eigenvalue weighted by molar-refractivity contribution is 4.96. The molecular formula is C16H29N. The summed E-state index contributed by atoms with van der Waals surface area (Å²) in [7, 11) is 0.